The molecule has 2 amide bonds. The van der Waals surface area contributed by atoms with Crippen LogP contribution in [0, 0.1) is 5.82 Å². The van der Waals surface area contributed by atoms with E-state index in [0.717, 1.165) is 24.0 Å². The number of amides is 2. The summed E-state index contributed by atoms with van der Waals surface area (Å²) in [5, 5.41) is 2.97. The van der Waals surface area contributed by atoms with Crippen LogP contribution in [0.4, 0.5) is 14.9 Å². The molecule has 2 aliphatic heterocycles. The number of rotatable bonds is 3. The van der Waals surface area contributed by atoms with Crippen molar-refractivity contribution in [1.29, 1.82) is 0 Å². The molecule has 164 valence electrons. The summed E-state index contributed by atoms with van der Waals surface area (Å²) in [5.74, 6) is -0.154. The van der Waals surface area contributed by atoms with Gasteiger partial charge >= 0.3 is 6.03 Å². The molecule has 0 spiro atoms. The minimum atomic E-state index is -0.595. The second-order valence-corrected chi connectivity index (χ2v) is 8.37. The summed E-state index contributed by atoms with van der Waals surface area (Å²) in [6, 6.07) is 7.12. The van der Waals surface area contributed by atoms with E-state index >= 15 is 0 Å². The Morgan fingerprint density at radius 1 is 1.31 bits per heavy atom. The Balaban J connectivity index is 1.39. The SMILES string of the molecule is COc1ccc(-c2cc(F)c(NC(=O)N3[C@H]4CC[C@@H]3c3c[nH]c(=O)cc3C4)cc2Cl)cn1. The summed E-state index contributed by atoms with van der Waals surface area (Å²) in [6.45, 7) is 0. The van der Waals surface area contributed by atoms with Gasteiger partial charge in [-0.05, 0) is 48.6 Å². The number of aromatic amines is 1. The Morgan fingerprint density at radius 2 is 2.16 bits per heavy atom. The normalized spacial score (nSPS) is 18.9. The van der Waals surface area contributed by atoms with Gasteiger partial charge in [-0.25, -0.2) is 14.2 Å². The molecule has 1 aromatic carbocycles. The molecule has 2 N–H and O–H groups in total. The van der Waals surface area contributed by atoms with Crippen molar-refractivity contribution in [2.75, 3.05) is 12.4 Å². The average molecular weight is 455 g/mol. The molecule has 0 radical (unpaired) electrons. The molecule has 2 aromatic heterocycles. The molecule has 2 bridgehead atoms. The Morgan fingerprint density at radius 3 is 2.91 bits per heavy atom. The Bertz CT molecular complexity index is 1260. The number of urea groups is 1. The van der Waals surface area contributed by atoms with Gasteiger partial charge in [0, 0.05) is 41.7 Å². The van der Waals surface area contributed by atoms with Crippen molar-refractivity contribution in [3.05, 3.63) is 75.0 Å². The number of nitrogens with zero attached hydrogens (tertiary/aromatic N) is 2. The highest BCUT2D eigenvalue weighted by molar-refractivity contribution is 6.33. The first-order valence-corrected chi connectivity index (χ1v) is 10.6. The molecule has 0 unspecified atom stereocenters. The van der Waals surface area contributed by atoms with Crippen molar-refractivity contribution in [2.45, 2.75) is 31.3 Å². The number of halogens is 2. The van der Waals surface area contributed by atoms with Gasteiger partial charge in [-0.3, -0.25) is 4.79 Å². The summed E-state index contributed by atoms with van der Waals surface area (Å²) in [5.41, 5.74) is 2.87. The molecular formula is C23H20ClFN4O3. The minimum absolute atomic E-state index is 0.0110. The highest BCUT2D eigenvalue weighted by Gasteiger charge is 2.42. The maximum atomic E-state index is 14.9. The van der Waals surface area contributed by atoms with Gasteiger partial charge in [0.2, 0.25) is 11.4 Å². The zero-order valence-electron chi connectivity index (χ0n) is 17.2. The second-order valence-electron chi connectivity index (χ2n) is 7.97. The minimum Gasteiger partial charge on any atom is -0.481 e. The summed E-state index contributed by atoms with van der Waals surface area (Å²) in [6.07, 6.45) is 5.46. The van der Waals surface area contributed by atoms with Gasteiger partial charge in [0.15, 0.2) is 0 Å². The van der Waals surface area contributed by atoms with Gasteiger partial charge in [-0.15, -0.1) is 0 Å². The lowest BCUT2D eigenvalue weighted by Crippen LogP contribution is -2.44. The van der Waals surface area contributed by atoms with Crippen LogP contribution >= 0.6 is 11.6 Å². The molecule has 0 saturated carbocycles. The molecule has 1 fully saturated rings. The van der Waals surface area contributed by atoms with Crippen molar-refractivity contribution in [3.63, 3.8) is 0 Å². The number of methoxy groups -OCH3 is 1. The van der Waals surface area contributed by atoms with E-state index in [1.807, 2.05) is 0 Å². The third-order valence-corrected chi connectivity index (χ3v) is 6.47. The van der Waals surface area contributed by atoms with E-state index in [4.69, 9.17) is 16.3 Å². The van der Waals surface area contributed by atoms with Gasteiger partial charge in [0.1, 0.15) is 5.82 Å². The molecule has 9 heteroatoms. The van der Waals surface area contributed by atoms with Crippen LogP contribution in [-0.2, 0) is 6.42 Å². The third-order valence-electron chi connectivity index (χ3n) is 6.15. The first-order chi connectivity index (χ1) is 15.4. The molecule has 1 saturated heterocycles. The van der Waals surface area contributed by atoms with Gasteiger partial charge < -0.3 is 19.9 Å². The first kappa shape index (κ1) is 20.5. The lowest BCUT2D eigenvalue weighted by Gasteiger charge is -2.36. The Labute approximate surface area is 188 Å². The molecular weight excluding hydrogens is 435 g/mol. The summed E-state index contributed by atoms with van der Waals surface area (Å²) >= 11 is 6.41. The van der Waals surface area contributed by atoms with E-state index in [9.17, 15) is 14.0 Å². The number of hydrogen-bond acceptors (Lipinski definition) is 4. The third kappa shape index (κ3) is 3.50. The van der Waals surface area contributed by atoms with E-state index in [1.54, 1.807) is 35.5 Å². The van der Waals surface area contributed by atoms with Gasteiger partial charge in [-0.2, -0.15) is 0 Å². The van der Waals surface area contributed by atoms with Gasteiger partial charge in [0.25, 0.3) is 0 Å². The average Bonchev–Trinajstić information content (AvgIpc) is 3.11. The maximum Gasteiger partial charge on any atom is 0.322 e. The quantitative estimate of drug-likeness (QED) is 0.608. The van der Waals surface area contributed by atoms with Crippen molar-refractivity contribution in [1.82, 2.24) is 14.9 Å². The van der Waals surface area contributed by atoms with Crippen molar-refractivity contribution in [2.24, 2.45) is 0 Å². The number of ether oxygens (including phenoxy) is 1. The number of benzene rings is 1. The summed E-state index contributed by atoms with van der Waals surface area (Å²) < 4.78 is 19.9. The lowest BCUT2D eigenvalue weighted by molar-refractivity contribution is 0.179. The zero-order valence-corrected chi connectivity index (χ0v) is 17.9. The van der Waals surface area contributed by atoms with Crippen LogP contribution in [0.25, 0.3) is 11.1 Å². The Kier molecular flexibility index (Phi) is 5.09. The predicted molar refractivity (Wildman–Crippen MR) is 119 cm³/mol. The zero-order chi connectivity index (χ0) is 22.4. The van der Waals surface area contributed by atoms with Crippen LogP contribution in [-0.4, -0.2) is 34.1 Å². The number of hydrogen-bond donors (Lipinski definition) is 2. The fourth-order valence-electron chi connectivity index (χ4n) is 4.67. The smallest absolute Gasteiger partial charge is 0.322 e. The predicted octanol–water partition coefficient (Wildman–Crippen LogP) is 4.53. The summed E-state index contributed by atoms with van der Waals surface area (Å²) in [4.78, 5) is 33.3. The number of nitrogens with one attached hydrogen (secondary N) is 2. The largest absolute Gasteiger partial charge is 0.481 e. The molecule has 4 heterocycles. The number of fused-ring (bicyclic) bond motifs is 4. The van der Waals surface area contributed by atoms with Crippen LogP contribution in [0.3, 0.4) is 0 Å². The second kappa shape index (κ2) is 7.94. The number of carbonyl (C=O) groups is 1. The van der Waals surface area contributed by atoms with Crippen LogP contribution in [0.15, 0.2) is 47.5 Å². The molecule has 5 rings (SSSR count). The molecule has 7 nitrogen and oxygen atoms in total. The van der Waals surface area contributed by atoms with Crippen molar-refractivity contribution < 1.29 is 13.9 Å². The van der Waals surface area contributed by atoms with E-state index in [0.29, 0.717) is 28.5 Å². The number of pyridine rings is 2. The van der Waals surface area contributed by atoms with E-state index in [-0.39, 0.29) is 29.4 Å². The standard InChI is InChI=1S/C23H20ClFN4O3/c1-32-22-5-2-12(10-27-22)15-8-18(25)19(9-17(15)24)28-23(31)29-14-3-4-20(29)16-11-26-21(30)7-13(16)6-14/h2,5,7-11,14,20H,3-4,6H2,1H3,(H,26,30)(H,28,31)/t14-,20+/m0/s1. The monoisotopic (exact) mass is 454 g/mol. The van der Waals surface area contributed by atoms with Crippen LogP contribution in [0.5, 0.6) is 5.88 Å². The molecule has 2 atom stereocenters. The molecule has 0 aliphatic carbocycles. The van der Waals surface area contributed by atoms with E-state index < -0.39 is 5.82 Å². The fourth-order valence-corrected chi connectivity index (χ4v) is 4.94. The lowest BCUT2D eigenvalue weighted by atomic mass is 9.95. The molecule has 3 aromatic rings. The molecule has 32 heavy (non-hydrogen) atoms. The Hall–Kier alpha value is -3.39. The highest BCUT2D eigenvalue weighted by Crippen LogP contribution is 2.43. The van der Waals surface area contributed by atoms with Crippen LogP contribution < -0.4 is 15.6 Å². The number of aromatic nitrogens is 2. The first-order valence-electron chi connectivity index (χ1n) is 10.2. The van der Waals surface area contributed by atoms with Crippen LogP contribution in [0.2, 0.25) is 5.02 Å². The van der Waals surface area contributed by atoms with Crippen LogP contribution in [0.1, 0.15) is 30.0 Å². The maximum absolute atomic E-state index is 14.9. The molecule has 2 aliphatic rings. The number of carbonyl (C=O) groups excluding carboxylic acids is 1. The van der Waals surface area contributed by atoms with Gasteiger partial charge in [-0.1, -0.05) is 11.6 Å². The fraction of sp³-hybridized carbons (Fsp3) is 0.261. The number of anilines is 1. The topological polar surface area (TPSA) is 87.3 Å². The highest BCUT2D eigenvalue weighted by atomic mass is 35.5. The van der Waals surface area contributed by atoms with E-state index in [1.165, 1.54) is 19.2 Å². The van der Waals surface area contributed by atoms with Gasteiger partial charge in [0.05, 0.1) is 23.9 Å². The van der Waals surface area contributed by atoms with Crippen molar-refractivity contribution in [3.8, 4) is 17.0 Å². The summed E-state index contributed by atoms with van der Waals surface area (Å²) in [7, 11) is 1.51. The van der Waals surface area contributed by atoms with E-state index in [2.05, 4.69) is 15.3 Å². The van der Waals surface area contributed by atoms with Crippen molar-refractivity contribution >= 4 is 23.3 Å². The number of H-pyrrole nitrogens is 1.